The third-order valence-electron chi connectivity index (χ3n) is 7.05. The number of rotatable bonds is 14. The number of ether oxygens (including phenoxy) is 2. The molecule has 1 unspecified atom stereocenters. The number of nitrogens with one attached hydrogen (secondary N) is 2. The van der Waals surface area contributed by atoms with E-state index in [-0.39, 0.29) is 13.0 Å². The number of amides is 1. The van der Waals surface area contributed by atoms with E-state index in [0.717, 1.165) is 41.6 Å². The SMILES string of the molecule is CCc1c(Cn2ccnc2)cccc1Nc1c(CC(N)=O)cnc2cc(OC)c(OCC(O)CNC3CC3)cc12. The number of benzene rings is 2. The Morgan fingerprint density at radius 2 is 2.10 bits per heavy atom. The average molecular weight is 545 g/mol. The fourth-order valence-corrected chi connectivity index (χ4v) is 4.85. The highest BCUT2D eigenvalue weighted by Gasteiger charge is 2.22. The lowest BCUT2D eigenvalue weighted by molar-refractivity contribution is -0.117. The van der Waals surface area contributed by atoms with Gasteiger partial charge >= 0.3 is 0 Å². The lowest BCUT2D eigenvalue weighted by atomic mass is 10.0. The molecule has 0 bridgehead atoms. The van der Waals surface area contributed by atoms with E-state index in [2.05, 4.69) is 33.6 Å². The maximum Gasteiger partial charge on any atom is 0.221 e. The number of nitrogens with two attached hydrogens (primary N) is 1. The van der Waals surface area contributed by atoms with Crippen molar-refractivity contribution in [1.82, 2.24) is 19.9 Å². The molecule has 1 atom stereocenters. The van der Waals surface area contributed by atoms with Crippen LogP contribution in [0.2, 0.25) is 0 Å². The summed E-state index contributed by atoms with van der Waals surface area (Å²) in [6.07, 6.45) is 9.63. The molecule has 5 rings (SSSR count). The highest BCUT2D eigenvalue weighted by Crippen LogP contribution is 2.38. The Morgan fingerprint density at radius 3 is 2.80 bits per heavy atom. The molecular formula is C30H36N6O4. The molecule has 1 fully saturated rings. The molecule has 10 heteroatoms. The molecule has 5 N–H and O–H groups in total. The lowest BCUT2D eigenvalue weighted by Gasteiger charge is -2.20. The molecule has 1 aliphatic rings. The second-order valence-corrected chi connectivity index (χ2v) is 10.1. The molecule has 1 amide bonds. The van der Waals surface area contributed by atoms with Crippen molar-refractivity contribution in [2.45, 2.75) is 51.3 Å². The van der Waals surface area contributed by atoms with Gasteiger partial charge in [-0.2, -0.15) is 0 Å². The standard InChI is InChI=1S/C30H36N6O4/c1-3-23-19(16-36-10-9-32-18-36)5-4-6-25(23)35-30-20(11-29(31)38)14-34-26-13-27(39-2)28(12-24(26)30)40-17-22(37)15-33-21-7-8-21/h4-6,9-10,12-14,18,21-22,33,37H,3,7-8,11,15-17H2,1-2H3,(H2,31,38)(H,34,35). The van der Waals surface area contributed by atoms with E-state index in [0.29, 0.717) is 41.7 Å². The fraction of sp³-hybridized carbons (Fsp3) is 0.367. The van der Waals surface area contributed by atoms with Crippen LogP contribution in [-0.2, 0) is 24.2 Å². The Labute approximate surface area is 233 Å². The molecule has 0 radical (unpaired) electrons. The van der Waals surface area contributed by atoms with Crippen LogP contribution in [0.5, 0.6) is 11.5 Å². The number of nitrogens with zero attached hydrogens (tertiary/aromatic N) is 3. The topological polar surface area (TPSA) is 137 Å². The zero-order valence-electron chi connectivity index (χ0n) is 22.9. The minimum Gasteiger partial charge on any atom is -0.493 e. The molecule has 1 saturated carbocycles. The molecule has 2 heterocycles. The van der Waals surface area contributed by atoms with Gasteiger partial charge in [0.15, 0.2) is 11.5 Å². The minimum absolute atomic E-state index is 0.0230. The van der Waals surface area contributed by atoms with Crippen molar-refractivity contribution in [1.29, 1.82) is 0 Å². The third kappa shape index (κ3) is 6.52. The summed E-state index contributed by atoms with van der Waals surface area (Å²) in [6, 6.07) is 10.3. The van der Waals surface area contributed by atoms with Crippen molar-refractivity contribution in [2.75, 3.05) is 25.6 Å². The van der Waals surface area contributed by atoms with E-state index in [9.17, 15) is 9.90 Å². The quantitative estimate of drug-likeness (QED) is 0.190. The number of carbonyl (C=O) groups is 1. The van der Waals surface area contributed by atoms with Gasteiger partial charge in [-0.05, 0) is 42.5 Å². The van der Waals surface area contributed by atoms with Crippen LogP contribution in [0, 0.1) is 0 Å². The first-order chi connectivity index (χ1) is 19.4. The number of aliphatic hydroxyl groups excluding tert-OH is 1. The minimum atomic E-state index is -0.664. The van der Waals surface area contributed by atoms with Crippen molar-refractivity contribution in [3.8, 4) is 11.5 Å². The first-order valence-electron chi connectivity index (χ1n) is 13.6. The number of hydrogen-bond acceptors (Lipinski definition) is 8. The lowest BCUT2D eigenvalue weighted by Crippen LogP contribution is -2.32. The molecule has 0 spiro atoms. The normalized spacial score (nSPS) is 13.8. The summed E-state index contributed by atoms with van der Waals surface area (Å²) in [5.74, 6) is 0.531. The molecule has 2 aromatic heterocycles. The Hall–Kier alpha value is -4.15. The van der Waals surface area contributed by atoms with Gasteiger partial charge in [0.1, 0.15) is 12.7 Å². The fourth-order valence-electron chi connectivity index (χ4n) is 4.85. The summed E-state index contributed by atoms with van der Waals surface area (Å²) in [5, 5.41) is 18.1. The number of aromatic nitrogens is 3. The van der Waals surface area contributed by atoms with Crippen LogP contribution in [0.1, 0.15) is 36.5 Å². The van der Waals surface area contributed by atoms with E-state index < -0.39 is 12.0 Å². The smallest absolute Gasteiger partial charge is 0.221 e. The Bertz CT molecular complexity index is 1470. The monoisotopic (exact) mass is 544 g/mol. The Kier molecular flexibility index (Phi) is 8.47. The summed E-state index contributed by atoms with van der Waals surface area (Å²) >= 11 is 0. The summed E-state index contributed by atoms with van der Waals surface area (Å²) in [4.78, 5) is 20.8. The summed E-state index contributed by atoms with van der Waals surface area (Å²) < 4.78 is 13.6. The molecule has 210 valence electrons. The van der Waals surface area contributed by atoms with Gasteiger partial charge in [-0.3, -0.25) is 9.78 Å². The largest absolute Gasteiger partial charge is 0.493 e. The number of imidazole rings is 1. The van der Waals surface area contributed by atoms with Crippen molar-refractivity contribution >= 4 is 28.2 Å². The molecule has 0 aliphatic heterocycles. The Morgan fingerprint density at radius 1 is 1.25 bits per heavy atom. The predicted molar refractivity (Wildman–Crippen MR) is 154 cm³/mol. The first kappa shape index (κ1) is 27.4. The predicted octanol–water partition coefficient (Wildman–Crippen LogP) is 3.31. The zero-order chi connectivity index (χ0) is 28.1. The summed E-state index contributed by atoms with van der Waals surface area (Å²) in [7, 11) is 1.57. The van der Waals surface area contributed by atoms with Gasteiger partial charge in [0, 0.05) is 60.4 Å². The number of fused-ring (bicyclic) bond motifs is 1. The second-order valence-electron chi connectivity index (χ2n) is 10.1. The summed E-state index contributed by atoms with van der Waals surface area (Å²) in [5.41, 5.74) is 10.9. The van der Waals surface area contributed by atoms with Crippen molar-refractivity contribution in [3.63, 3.8) is 0 Å². The van der Waals surface area contributed by atoms with Gasteiger partial charge in [0.05, 0.1) is 31.1 Å². The molecule has 4 aromatic rings. The average Bonchev–Trinajstić information content (AvgIpc) is 3.64. The van der Waals surface area contributed by atoms with Gasteiger partial charge in [-0.1, -0.05) is 19.1 Å². The Balaban J connectivity index is 1.51. The van der Waals surface area contributed by atoms with E-state index in [1.54, 1.807) is 31.9 Å². The summed E-state index contributed by atoms with van der Waals surface area (Å²) in [6.45, 7) is 3.38. The van der Waals surface area contributed by atoms with Gasteiger partial charge in [0.2, 0.25) is 5.91 Å². The van der Waals surface area contributed by atoms with E-state index in [1.165, 1.54) is 5.56 Å². The number of primary amides is 1. The highest BCUT2D eigenvalue weighted by atomic mass is 16.5. The van der Waals surface area contributed by atoms with Crippen LogP contribution in [0.25, 0.3) is 10.9 Å². The maximum atomic E-state index is 12.0. The van der Waals surface area contributed by atoms with Gasteiger partial charge in [-0.25, -0.2) is 4.98 Å². The molecule has 40 heavy (non-hydrogen) atoms. The van der Waals surface area contributed by atoms with E-state index in [1.807, 2.05) is 29.0 Å². The van der Waals surface area contributed by atoms with Gasteiger partial charge in [-0.15, -0.1) is 0 Å². The number of anilines is 2. The van der Waals surface area contributed by atoms with Gasteiger partial charge < -0.3 is 35.5 Å². The number of hydrogen-bond donors (Lipinski definition) is 4. The molecule has 0 saturated heterocycles. The highest BCUT2D eigenvalue weighted by molar-refractivity contribution is 5.98. The molecule has 1 aliphatic carbocycles. The van der Waals surface area contributed by atoms with Crippen LogP contribution >= 0.6 is 0 Å². The number of aliphatic hydroxyl groups is 1. The van der Waals surface area contributed by atoms with Crippen LogP contribution < -0.4 is 25.8 Å². The second kappa shape index (κ2) is 12.4. The third-order valence-corrected chi connectivity index (χ3v) is 7.05. The van der Waals surface area contributed by atoms with Crippen molar-refractivity contribution < 1.29 is 19.4 Å². The van der Waals surface area contributed by atoms with Crippen LogP contribution in [0.15, 0.2) is 55.2 Å². The number of methoxy groups -OCH3 is 1. The zero-order valence-corrected chi connectivity index (χ0v) is 22.9. The van der Waals surface area contributed by atoms with E-state index >= 15 is 0 Å². The van der Waals surface area contributed by atoms with Crippen molar-refractivity contribution in [3.05, 3.63) is 71.9 Å². The molecule has 2 aromatic carbocycles. The number of pyridine rings is 1. The molecule has 10 nitrogen and oxygen atoms in total. The number of carbonyl (C=O) groups excluding carboxylic acids is 1. The van der Waals surface area contributed by atoms with Crippen LogP contribution in [-0.4, -0.2) is 58.0 Å². The maximum absolute atomic E-state index is 12.0. The molecular weight excluding hydrogens is 508 g/mol. The van der Waals surface area contributed by atoms with Gasteiger partial charge in [0.25, 0.3) is 0 Å². The van der Waals surface area contributed by atoms with Crippen molar-refractivity contribution in [2.24, 2.45) is 5.73 Å². The first-order valence-corrected chi connectivity index (χ1v) is 13.6. The van der Waals surface area contributed by atoms with Crippen LogP contribution in [0.4, 0.5) is 11.4 Å². The van der Waals surface area contributed by atoms with E-state index in [4.69, 9.17) is 15.2 Å². The van der Waals surface area contributed by atoms with Crippen LogP contribution in [0.3, 0.4) is 0 Å².